The van der Waals surface area contributed by atoms with E-state index in [1.807, 2.05) is 13.8 Å². The normalized spacial score (nSPS) is 28.4. The molecule has 2 fully saturated rings. The molecule has 0 N–H and O–H groups in total. The molecule has 3 heteroatoms. The predicted octanol–water partition coefficient (Wildman–Crippen LogP) is 6.88. The van der Waals surface area contributed by atoms with E-state index in [1.165, 1.54) is 31.9 Å². The predicted molar refractivity (Wildman–Crippen MR) is 110 cm³/mol. The minimum atomic E-state index is -2.77. The molecule has 0 aromatic carbocycles. The van der Waals surface area contributed by atoms with Crippen molar-refractivity contribution < 1.29 is 8.42 Å². The van der Waals surface area contributed by atoms with E-state index in [1.54, 1.807) is 0 Å². The SMILES string of the molecule is CC.CC1CC2(CCC(S(C)(=O)=O)CC2)C1.CCC.CCC(C)C. The first kappa shape index (κ1) is 26.2. The molecule has 0 atom stereocenters. The first-order valence-electron chi connectivity index (χ1n) is 10.3. The minimum absolute atomic E-state index is 0.0379. The minimum Gasteiger partial charge on any atom is -0.229 e. The average Bonchev–Trinajstić information content (AvgIpc) is 2.49. The van der Waals surface area contributed by atoms with Crippen LogP contribution in [0.1, 0.15) is 107 Å². The monoisotopic (exact) mass is 362 g/mol. The molecule has 0 aromatic heterocycles. The van der Waals surface area contributed by atoms with Crippen molar-refractivity contribution in [2.45, 2.75) is 112 Å². The van der Waals surface area contributed by atoms with Crippen LogP contribution in [0.2, 0.25) is 0 Å². The lowest BCUT2D eigenvalue weighted by atomic mass is 9.56. The van der Waals surface area contributed by atoms with Crippen molar-refractivity contribution >= 4 is 9.84 Å². The highest BCUT2D eigenvalue weighted by molar-refractivity contribution is 7.91. The Bertz CT molecular complexity index is 369. The number of rotatable bonds is 2. The van der Waals surface area contributed by atoms with Gasteiger partial charge in [-0.1, -0.05) is 68.2 Å². The number of hydrogen-bond donors (Lipinski definition) is 0. The van der Waals surface area contributed by atoms with Crippen LogP contribution in [-0.2, 0) is 9.84 Å². The molecular formula is C21H46O2S. The summed E-state index contributed by atoms with van der Waals surface area (Å²) in [6.45, 7) is 17.2. The highest BCUT2D eigenvalue weighted by Gasteiger charge is 2.45. The van der Waals surface area contributed by atoms with Gasteiger partial charge < -0.3 is 0 Å². The van der Waals surface area contributed by atoms with Gasteiger partial charge in [0.1, 0.15) is 9.84 Å². The van der Waals surface area contributed by atoms with Gasteiger partial charge >= 0.3 is 0 Å². The Hall–Kier alpha value is -0.0500. The van der Waals surface area contributed by atoms with E-state index in [-0.39, 0.29) is 5.25 Å². The summed E-state index contributed by atoms with van der Waals surface area (Å²) in [6.07, 6.45) is 10.7. The van der Waals surface area contributed by atoms with E-state index in [2.05, 4.69) is 41.5 Å². The van der Waals surface area contributed by atoms with Crippen molar-refractivity contribution in [3.8, 4) is 0 Å². The summed E-state index contributed by atoms with van der Waals surface area (Å²) in [7, 11) is -2.77. The molecule has 2 nitrogen and oxygen atoms in total. The molecule has 2 aliphatic carbocycles. The average molecular weight is 363 g/mol. The first-order chi connectivity index (χ1) is 11.1. The van der Waals surface area contributed by atoms with Gasteiger partial charge in [0.15, 0.2) is 0 Å². The number of sulfone groups is 1. The Morgan fingerprint density at radius 3 is 1.54 bits per heavy atom. The van der Waals surface area contributed by atoms with Gasteiger partial charge in [0.2, 0.25) is 0 Å². The quantitative estimate of drug-likeness (QED) is 0.536. The van der Waals surface area contributed by atoms with E-state index in [0.717, 1.165) is 37.5 Å². The van der Waals surface area contributed by atoms with Gasteiger partial charge in [-0.3, -0.25) is 0 Å². The zero-order valence-electron chi connectivity index (χ0n) is 18.1. The van der Waals surface area contributed by atoms with Crippen LogP contribution in [0.5, 0.6) is 0 Å². The van der Waals surface area contributed by atoms with Crippen LogP contribution in [0.4, 0.5) is 0 Å². The lowest BCUT2D eigenvalue weighted by Crippen LogP contribution is -2.41. The molecule has 2 aliphatic rings. The van der Waals surface area contributed by atoms with E-state index in [9.17, 15) is 8.42 Å². The summed E-state index contributed by atoms with van der Waals surface area (Å²) in [5.41, 5.74) is 0.556. The fourth-order valence-corrected chi connectivity index (χ4v) is 4.55. The third kappa shape index (κ3) is 10.7. The zero-order valence-corrected chi connectivity index (χ0v) is 18.9. The van der Waals surface area contributed by atoms with Gasteiger partial charge in [0.25, 0.3) is 0 Å². The largest absolute Gasteiger partial charge is 0.229 e. The standard InChI is InChI=1S/C11H20O2S.C5H12.C3H8.C2H6/c1-9-7-11(8-9)5-3-10(4-6-11)14(2,12)13;1-4-5(2)3;1-3-2;1-2/h9-10H,3-8H2,1-2H3;5H,4H2,1-3H3;3H2,1-2H3;1-2H3. The van der Waals surface area contributed by atoms with Gasteiger partial charge in [0, 0.05) is 6.26 Å². The number of hydrogen-bond acceptors (Lipinski definition) is 2. The summed E-state index contributed by atoms with van der Waals surface area (Å²) in [5.74, 6) is 1.76. The summed E-state index contributed by atoms with van der Waals surface area (Å²) < 4.78 is 22.7. The van der Waals surface area contributed by atoms with Gasteiger partial charge in [-0.15, -0.1) is 0 Å². The smallest absolute Gasteiger partial charge is 0.150 e. The van der Waals surface area contributed by atoms with Gasteiger partial charge in [-0.2, -0.15) is 0 Å². The molecule has 0 unspecified atom stereocenters. The molecule has 0 radical (unpaired) electrons. The van der Waals surface area contributed by atoms with E-state index in [0.29, 0.717) is 5.41 Å². The summed E-state index contributed by atoms with van der Waals surface area (Å²) in [4.78, 5) is 0. The highest BCUT2D eigenvalue weighted by atomic mass is 32.2. The van der Waals surface area contributed by atoms with Crippen LogP contribution < -0.4 is 0 Å². The maximum Gasteiger partial charge on any atom is 0.150 e. The van der Waals surface area contributed by atoms with Gasteiger partial charge in [-0.25, -0.2) is 8.42 Å². The fraction of sp³-hybridized carbons (Fsp3) is 1.00. The van der Waals surface area contributed by atoms with Crippen molar-refractivity contribution in [1.29, 1.82) is 0 Å². The fourth-order valence-electron chi connectivity index (χ4n) is 3.46. The Morgan fingerprint density at radius 1 is 1.00 bits per heavy atom. The molecule has 1 spiro atoms. The molecule has 24 heavy (non-hydrogen) atoms. The van der Waals surface area contributed by atoms with Crippen LogP contribution in [0.3, 0.4) is 0 Å². The zero-order chi connectivity index (χ0) is 19.4. The third-order valence-corrected chi connectivity index (χ3v) is 6.66. The lowest BCUT2D eigenvalue weighted by molar-refractivity contribution is 0.0254. The van der Waals surface area contributed by atoms with Crippen molar-refractivity contribution in [2.75, 3.05) is 6.26 Å². The van der Waals surface area contributed by atoms with E-state index >= 15 is 0 Å². The molecule has 0 aliphatic heterocycles. The van der Waals surface area contributed by atoms with Crippen LogP contribution >= 0.6 is 0 Å². The van der Waals surface area contributed by atoms with Crippen molar-refractivity contribution in [3.63, 3.8) is 0 Å². The van der Waals surface area contributed by atoms with Gasteiger partial charge in [-0.05, 0) is 55.8 Å². The molecule has 0 bridgehead atoms. The van der Waals surface area contributed by atoms with Gasteiger partial charge in [0.05, 0.1) is 5.25 Å². The van der Waals surface area contributed by atoms with Crippen molar-refractivity contribution in [3.05, 3.63) is 0 Å². The Morgan fingerprint density at radius 2 is 1.33 bits per heavy atom. The molecule has 148 valence electrons. The van der Waals surface area contributed by atoms with E-state index in [4.69, 9.17) is 0 Å². The molecular weight excluding hydrogens is 316 g/mol. The molecule has 2 rings (SSSR count). The van der Waals surface area contributed by atoms with E-state index < -0.39 is 9.84 Å². The first-order valence-corrected chi connectivity index (χ1v) is 12.2. The van der Waals surface area contributed by atoms with Crippen LogP contribution in [-0.4, -0.2) is 19.9 Å². The van der Waals surface area contributed by atoms with Crippen LogP contribution in [0.15, 0.2) is 0 Å². The third-order valence-electron chi connectivity index (χ3n) is 4.98. The Kier molecular flexibility index (Phi) is 14.4. The molecule has 0 saturated heterocycles. The summed E-state index contributed by atoms with van der Waals surface area (Å²) >= 11 is 0. The van der Waals surface area contributed by atoms with Crippen LogP contribution in [0, 0.1) is 17.3 Å². The molecule has 0 aromatic rings. The van der Waals surface area contributed by atoms with Crippen molar-refractivity contribution in [1.82, 2.24) is 0 Å². The molecule has 0 amide bonds. The second kappa shape index (κ2) is 13.2. The second-order valence-corrected chi connectivity index (χ2v) is 10.4. The molecule has 2 saturated carbocycles. The Labute approximate surface area is 154 Å². The second-order valence-electron chi connectivity index (χ2n) is 8.05. The van der Waals surface area contributed by atoms with Crippen molar-refractivity contribution in [2.24, 2.45) is 17.3 Å². The maximum atomic E-state index is 11.4. The lowest BCUT2D eigenvalue weighted by Gasteiger charge is -2.50. The topological polar surface area (TPSA) is 34.1 Å². The molecule has 0 heterocycles. The Balaban J connectivity index is 0. The highest BCUT2D eigenvalue weighted by Crippen LogP contribution is 2.55. The summed E-state index contributed by atoms with van der Waals surface area (Å²) in [5, 5.41) is -0.0379. The summed E-state index contributed by atoms with van der Waals surface area (Å²) in [6, 6.07) is 0. The maximum absolute atomic E-state index is 11.4. The van der Waals surface area contributed by atoms with Crippen LogP contribution in [0.25, 0.3) is 0 Å².